The number of aryl methyl sites for hydroxylation is 1. The lowest BCUT2D eigenvalue weighted by Crippen LogP contribution is -2.22. The monoisotopic (exact) mass is 239 g/mol. The molecule has 0 radical (unpaired) electrons. The first-order valence-corrected chi connectivity index (χ1v) is 6.13. The minimum Gasteiger partial charge on any atom is -0.287 e. The van der Waals surface area contributed by atoms with Crippen LogP contribution in [0.1, 0.15) is 16.4 Å². The average Bonchev–Trinajstić information content (AvgIpc) is 2.39. The maximum atomic E-state index is 11.5. The zero-order valence-corrected chi connectivity index (χ0v) is 9.24. The number of sulfonamides is 1. The van der Waals surface area contributed by atoms with Crippen molar-refractivity contribution in [3.05, 3.63) is 35.4 Å². The van der Waals surface area contributed by atoms with Gasteiger partial charge >= 0.3 is 5.91 Å². The SMILES string of the molecule is Cc1ccc(C2C(=O)C(=O)NS2(=O)=O)cc1. The van der Waals surface area contributed by atoms with Gasteiger partial charge in [-0.05, 0) is 12.5 Å². The van der Waals surface area contributed by atoms with Crippen molar-refractivity contribution in [2.75, 3.05) is 0 Å². The Kier molecular flexibility index (Phi) is 2.31. The standard InChI is InChI=1S/C10H9NO4S/c1-6-2-4-7(5-3-6)9-8(12)10(13)11-16(9,14)15/h2-5,9H,1H3,(H,11,13). The van der Waals surface area contributed by atoms with Gasteiger partial charge in [0, 0.05) is 0 Å². The minimum atomic E-state index is -3.90. The number of amides is 1. The van der Waals surface area contributed by atoms with Gasteiger partial charge in [-0.2, -0.15) is 0 Å². The number of benzene rings is 1. The molecule has 5 nitrogen and oxygen atoms in total. The summed E-state index contributed by atoms with van der Waals surface area (Å²) in [4.78, 5) is 22.4. The van der Waals surface area contributed by atoms with E-state index >= 15 is 0 Å². The maximum Gasteiger partial charge on any atom is 0.302 e. The molecule has 2 rings (SSSR count). The number of carbonyl (C=O) groups excluding carboxylic acids is 2. The molecule has 1 aliphatic rings. The normalized spacial score (nSPS) is 23.2. The van der Waals surface area contributed by atoms with E-state index in [1.165, 1.54) is 12.1 Å². The van der Waals surface area contributed by atoms with Gasteiger partial charge in [0.15, 0.2) is 5.25 Å². The zero-order chi connectivity index (χ0) is 11.9. The number of hydrogen-bond acceptors (Lipinski definition) is 4. The molecular weight excluding hydrogens is 230 g/mol. The van der Waals surface area contributed by atoms with Crippen LogP contribution in [0.15, 0.2) is 24.3 Å². The van der Waals surface area contributed by atoms with Gasteiger partial charge in [0.2, 0.25) is 15.8 Å². The lowest BCUT2D eigenvalue weighted by Gasteiger charge is -2.06. The van der Waals surface area contributed by atoms with Crippen LogP contribution in [0, 0.1) is 6.92 Å². The molecule has 0 saturated carbocycles. The van der Waals surface area contributed by atoms with Gasteiger partial charge in [0.25, 0.3) is 0 Å². The maximum absolute atomic E-state index is 11.5. The molecule has 0 aliphatic carbocycles. The Labute approximate surface area is 92.5 Å². The largest absolute Gasteiger partial charge is 0.302 e. The molecule has 0 spiro atoms. The summed E-state index contributed by atoms with van der Waals surface area (Å²) in [5, 5.41) is -1.40. The van der Waals surface area contributed by atoms with Crippen LogP contribution in [0.5, 0.6) is 0 Å². The topological polar surface area (TPSA) is 80.3 Å². The first-order chi connectivity index (χ1) is 7.42. The molecule has 1 fully saturated rings. The number of carbonyl (C=O) groups is 2. The summed E-state index contributed by atoms with van der Waals surface area (Å²) in [7, 11) is -3.90. The molecule has 84 valence electrons. The summed E-state index contributed by atoms with van der Waals surface area (Å²) >= 11 is 0. The van der Waals surface area contributed by atoms with E-state index in [1.807, 2.05) is 6.92 Å². The molecular formula is C10H9NO4S. The fourth-order valence-corrected chi connectivity index (χ4v) is 2.95. The minimum absolute atomic E-state index is 0.314. The van der Waals surface area contributed by atoms with Gasteiger partial charge in [0.1, 0.15) is 0 Å². The van der Waals surface area contributed by atoms with Crippen molar-refractivity contribution in [2.45, 2.75) is 12.2 Å². The molecule has 0 aromatic heterocycles. The number of ketones is 1. The summed E-state index contributed by atoms with van der Waals surface area (Å²) in [6.45, 7) is 1.85. The van der Waals surface area contributed by atoms with E-state index in [0.29, 0.717) is 5.56 Å². The number of Topliss-reactive ketones (excluding diaryl/α,β-unsaturated/α-hetero) is 1. The number of nitrogens with one attached hydrogen (secondary N) is 1. The predicted molar refractivity (Wildman–Crippen MR) is 56.0 cm³/mol. The molecule has 1 heterocycles. The van der Waals surface area contributed by atoms with Crippen LogP contribution in [-0.4, -0.2) is 20.1 Å². The van der Waals surface area contributed by atoms with E-state index in [2.05, 4.69) is 0 Å². The van der Waals surface area contributed by atoms with Crippen molar-refractivity contribution in [2.24, 2.45) is 0 Å². The molecule has 1 unspecified atom stereocenters. The Balaban J connectivity index is 2.52. The molecule has 0 bridgehead atoms. The van der Waals surface area contributed by atoms with Gasteiger partial charge < -0.3 is 0 Å². The summed E-state index contributed by atoms with van der Waals surface area (Å²) in [6, 6.07) is 6.47. The van der Waals surface area contributed by atoms with Crippen LogP contribution in [0.25, 0.3) is 0 Å². The zero-order valence-electron chi connectivity index (χ0n) is 8.43. The van der Waals surface area contributed by atoms with Crippen molar-refractivity contribution in [3.63, 3.8) is 0 Å². The van der Waals surface area contributed by atoms with E-state index in [4.69, 9.17) is 0 Å². The Hall–Kier alpha value is -1.69. The van der Waals surface area contributed by atoms with Gasteiger partial charge in [-0.25, -0.2) is 13.1 Å². The van der Waals surface area contributed by atoms with Crippen LogP contribution in [0.4, 0.5) is 0 Å². The Morgan fingerprint density at radius 2 is 1.69 bits per heavy atom. The van der Waals surface area contributed by atoms with E-state index in [1.54, 1.807) is 16.9 Å². The highest BCUT2D eigenvalue weighted by Gasteiger charge is 2.46. The Bertz CT molecular complexity index is 559. The predicted octanol–water partition coefficient (Wildman–Crippen LogP) is 0.0648. The smallest absolute Gasteiger partial charge is 0.287 e. The highest BCUT2D eigenvalue weighted by atomic mass is 32.2. The van der Waals surface area contributed by atoms with Gasteiger partial charge in [-0.15, -0.1) is 0 Å². The summed E-state index contributed by atoms with van der Waals surface area (Å²) < 4.78 is 24.7. The van der Waals surface area contributed by atoms with Crippen LogP contribution in [0.3, 0.4) is 0 Å². The van der Waals surface area contributed by atoms with E-state index in [9.17, 15) is 18.0 Å². The molecule has 1 aliphatic heterocycles. The fourth-order valence-electron chi connectivity index (χ4n) is 1.57. The lowest BCUT2D eigenvalue weighted by molar-refractivity contribution is -0.135. The van der Waals surface area contributed by atoms with E-state index in [0.717, 1.165) is 5.56 Å². The summed E-state index contributed by atoms with van der Waals surface area (Å²) in [6.07, 6.45) is 0. The summed E-state index contributed by atoms with van der Waals surface area (Å²) in [5.41, 5.74) is 1.26. The molecule has 1 saturated heterocycles. The van der Waals surface area contributed by atoms with Crippen molar-refractivity contribution in [3.8, 4) is 0 Å². The number of hydrogen-bond donors (Lipinski definition) is 1. The molecule has 1 amide bonds. The first kappa shape index (κ1) is 10.8. The Morgan fingerprint density at radius 1 is 1.12 bits per heavy atom. The third kappa shape index (κ3) is 1.61. The molecule has 6 heteroatoms. The second-order valence-corrected chi connectivity index (χ2v) is 5.40. The van der Waals surface area contributed by atoms with Crippen molar-refractivity contribution >= 4 is 21.7 Å². The second-order valence-electron chi connectivity index (χ2n) is 3.63. The van der Waals surface area contributed by atoms with Crippen molar-refractivity contribution in [1.29, 1.82) is 0 Å². The third-order valence-electron chi connectivity index (χ3n) is 2.39. The van der Waals surface area contributed by atoms with Gasteiger partial charge in [-0.1, -0.05) is 29.8 Å². The Morgan fingerprint density at radius 3 is 2.12 bits per heavy atom. The molecule has 1 aromatic rings. The first-order valence-electron chi connectivity index (χ1n) is 4.58. The highest BCUT2D eigenvalue weighted by Crippen LogP contribution is 2.27. The quantitative estimate of drug-likeness (QED) is 0.703. The molecule has 1 atom stereocenters. The van der Waals surface area contributed by atoms with Crippen LogP contribution in [0.2, 0.25) is 0 Å². The van der Waals surface area contributed by atoms with E-state index in [-0.39, 0.29) is 0 Å². The van der Waals surface area contributed by atoms with Crippen LogP contribution < -0.4 is 4.72 Å². The second kappa shape index (κ2) is 3.41. The van der Waals surface area contributed by atoms with Gasteiger partial charge in [-0.3, -0.25) is 9.59 Å². The van der Waals surface area contributed by atoms with Crippen molar-refractivity contribution in [1.82, 2.24) is 4.72 Å². The molecule has 1 aromatic carbocycles. The van der Waals surface area contributed by atoms with Crippen LogP contribution >= 0.6 is 0 Å². The van der Waals surface area contributed by atoms with Crippen LogP contribution in [-0.2, 0) is 19.6 Å². The molecule has 16 heavy (non-hydrogen) atoms. The fraction of sp³-hybridized carbons (Fsp3) is 0.200. The average molecular weight is 239 g/mol. The summed E-state index contributed by atoms with van der Waals surface area (Å²) in [5.74, 6) is -1.99. The van der Waals surface area contributed by atoms with Gasteiger partial charge in [0.05, 0.1) is 0 Å². The molecule has 1 N–H and O–H groups in total. The third-order valence-corrected chi connectivity index (χ3v) is 3.96. The lowest BCUT2D eigenvalue weighted by atomic mass is 10.1. The van der Waals surface area contributed by atoms with Crippen molar-refractivity contribution < 1.29 is 18.0 Å². The van der Waals surface area contributed by atoms with E-state index < -0.39 is 27.0 Å². The number of rotatable bonds is 1. The highest BCUT2D eigenvalue weighted by molar-refractivity contribution is 7.92.